The number of carbonyl (C=O) groups is 2. The second-order valence-corrected chi connectivity index (χ2v) is 11.3. The Morgan fingerprint density at radius 3 is 2.57 bits per heavy atom. The Balaban J connectivity index is 1.89. The van der Waals surface area contributed by atoms with Gasteiger partial charge >= 0.3 is 0 Å². The number of hydrogen-bond acceptors (Lipinski definition) is 7. The summed E-state index contributed by atoms with van der Waals surface area (Å²) in [7, 11) is -3.94. The van der Waals surface area contributed by atoms with Gasteiger partial charge in [0.25, 0.3) is 15.9 Å². The lowest BCUT2D eigenvalue weighted by Gasteiger charge is -2.26. The second-order valence-electron chi connectivity index (χ2n) is 9.33. The molecule has 0 unspecified atom stereocenters. The van der Waals surface area contributed by atoms with Gasteiger partial charge in [-0.05, 0) is 63.9 Å². The Hall–Kier alpha value is -3.28. The fraction of sp³-hybridized carbons (Fsp3) is 0.360. The van der Waals surface area contributed by atoms with Crippen LogP contribution in [0, 0.1) is 6.92 Å². The van der Waals surface area contributed by atoms with Crippen molar-refractivity contribution in [2.24, 2.45) is 0 Å². The molecule has 37 heavy (non-hydrogen) atoms. The largest absolute Gasteiger partial charge is 0.308 e. The number of sulfonamides is 1. The van der Waals surface area contributed by atoms with Gasteiger partial charge in [-0.1, -0.05) is 37.1 Å². The quantitative estimate of drug-likeness (QED) is 0.292. The van der Waals surface area contributed by atoms with Crippen molar-refractivity contribution in [3.05, 3.63) is 63.9 Å². The van der Waals surface area contributed by atoms with Gasteiger partial charge < -0.3 is 4.57 Å². The SMILES string of the molecule is CCCC=CS(=O)(=O)NC(=O)c1ccc2nc(C)n(Cc3ccc(N(C=O)OC(C)(C)C)cc3Cl)c2n1. The van der Waals surface area contributed by atoms with E-state index in [1.54, 1.807) is 35.8 Å². The van der Waals surface area contributed by atoms with Gasteiger partial charge in [0.15, 0.2) is 5.65 Å². The van der Waals surface area contributed by atoms with Crippen LogP contribution in [-0.2, 0) is 26.2 Å². The molecular formula is C25H30ClN5O5S. The number of aromatic nitrogens is 3. The number of anilines is 1. The summed E-state index contributed by atoms with van der Waals surface area (Å²) in [4.78, 5) is 38.7. The van der Waals surface area contributed by atoms with E-state index in [-0.39, 0.29) is 12.2 Å². The first-order chi connectivity index (χ1) is 17.3. The summed E-state index contributed by atoms with van der Waals surface area (Å²) in [6.45, 7) is 9.46. The number of benzene rings is 1. The highest BCUT2D eigenvalue weighted by Crippen LogP contribution is 2.27. The van der Waals surface area contributed by atoms with Crippen molar-refractivity contribution in [3.8, 4) is 0 Å². The van der Waals surface area contributed by atoms with Crippen molar-refractivity contribution in [3.63, 3.8) is 0 Å². The molecule has 0 aliphatic heterocycles. The maximum atomic E-state index is 12.6. The van der Waals surface area contributed by atoms with E-state index in [1.165, 1.54) is 12.1 Å². The summed E-state index contributed by atoms with van der Waals surface area (Å²) in [5, 5.41) is 2.48. The number of carbonyl (C=O) groups excluding carboxylic acids is 2. The second kappa shape index (κ2) is 11.4. The van der Waals surface area contributed by atoms with Crippen LogP contribution in [-0.4, -0.2) is 40.9 Å². The number of hydrogen-bond donors (Lipinski definition) is 1. The van der Waals surface area contributed by atoms with Crippen LogP contribution >= 0.6 is 11.6 Å². The fourth-order valence-corrected chi connectivity index (χ4v) is 4.46. The predicted molar refractivity (Wildman–Crippen MR) is 143 cm³/mol. The van der Waals surface area contributed by atoms with Gasteiger partial charge in [-0.15, -0.1) is 0 Å². The van der Waals surface area contributed by atoms with Gasteiger partial charge in [-0.25, -0.2) is 23.1 Å². The number of nitrogens with one attached hydrogen (secondary N) is 1. The van der Waals surface area contributed by atoms with Crippen molar-refractivity contribution < 1.29 is 22.8 Å². The molecule has 3 rings (SSSR count). The number of aryl methyl sites for hydroxylation is 1. The first-order valence-corrected chi connectivity index (χ1v) is 13.6. The van der Waals surface area contributed by atoms with Gasteiger partial charge in [0.05, 0.1) is 17.8 Å². The standard InChI is InChI=1S/C25H30ClN5O5S/c1-6-7-8-13-37(34,35)29-24(33)22-12-11-21-23(28-22)30(17(2)27-21)15-18-9-10-19(14-20(18)26)31(16-32)36-25(3,4)5/h8-14,16H,6-7,15H2,1-5H3,(H,29,33). The molecule has 0 bridgehead atoms. The molecule has 10 nitrogen and oxygen atoms in total. The molecule has 0 fully saturated rings. The van der Waals surface area contributed by atoms with Crippen LogP contribution in [0.15, 0.2) is 41.8 Å². The third kappa shape index (κ3) is 7.37. The Labute approximate surface area is 221 Å². The first-order valence-electron chi connectivity index (χ1n) is 11.6. The molecular weight excluding hydrogens is 518 g/mol. The summed E-state index contributed by atoms with van der Waals surface area (Å²) in [5.74, 6) is -0.218. The molecule has 3 aromatic rings. The summed E-state index contributed by atoms with van der Waals surface area (Å²) in [6, 6.07) is 8.12. The maximum absolute atomic E-state index is 12.6. The summed E-state index contributed by atoms with van der Waals surface area (Å²) < 4.78 is 28.1. The van der Waals surface area contributed by atoms with Crippen molar-refractivity contribution in [1.82, 2.24) is 19.3 Å². The summed E-state index contributed by atoms with van der Waals surface area (Å²) >= 11 is 6.54. The van der Waals surface area contributed by atoms with E-state index >= 15 is 0 Å². The minimum absolute atomic E-state index is 0.0662. The molecule has 0 aliphatic rings. The highest BCUT2D eigenvalue weighted by atomic mass is 35.5. The minimum atomic E-state index is -3.94. The lowest BCUT2D eigenvalue weighted by molar-refractivity contribution is -0.120. The van der Waals surface area contributed by atoms with E-state index in [0.29, 0.717) is 40.5 Å². The van der Waals surface area contributed by atoms with Gasteiger partial charge in [-0.2, -0.15) is 5.06 Å². The maximum Gasteiger partial charge on any atom is 0.283 e. The molecule has 198 valence electrons. The molecule has 2 aromatic heterocycles. The molecule has 1 N–H and O–H groups in total. The van der Waals surface area contributed by atoms with Crippen LogP contribution in [0.2, 0.25) is 5.02 Å². The number of unbranched alkanes of at least 4 members (excludes halogenated alkanes) is 1. The summed E-state index contributed by atoms with van der Waals surface area (Å²) in [6.07, 6.45) is 3.43. The molecule has 1 aromatic carbocycles. The normalized spacial score (nSPS) is 12.3. The first kappa shape index (κ1) is 28.3. The smallest absolute Gasteiger partial charge is 0.283 e. The molecule has 12 heteroatoms. The van der Waals surface area contributed by atoms with Crippen LogP contribution in [0.4, 0.5) is 5.69 Å². The Kier molecular flexibility index (Phi) is 8.72. The van der Waals surface area contributed by atoms with E-state index in [2.05, 4.69) is 9.97 Å². The van der Waals surface area contributed by atoms with E-state index in [0.717, 1.165) is 22.5 Å². The number of rotatable bonds is 10. The Morgan fingerprint density at radius 1 is 1.22 bits per heavy atom. The van der Waals surface area contributed by atoms with Gasteiger partial charge in [0.1, 0.15) is 17.0 Å². The van der Waals surface area contributed by atoms with Crippen molar-refractivity contribution in [1.29, 1.82) is 0 Å². The number of amides is 2. The summed E-state index contributed by atoms with van der Waals surface area (Å²) in [5.41, 5.74) is 1.48. The zero-order valence-corrected chi connectivity index (χ0v) is 22.9. The van der Waals surface area contributed by atoms with E-state index in [4.69, 9.17) is 16.4 Å². The fourth-order valence-electron chi connectivity index (χ4n) is 3.41. The van der Waals surface area contributed by atoms with Crippen molar-refractivity contribution in [2.75, 3.05) is 5.06 Å². The van der Waals surface area contributed by atoms with Crippen LogP contribution in [0.3, 0.4) is 0 Å². The van der Waals surface area contributed by atoms with E-state index in [1.807, 2.05) is 32.4 Å². The van der Waals surface area contributed by atoms with Crippen LogP contribution in [0.5, 0.6) is 0 Å². The minimum Gasteiger partial charge on any atom is -0.308 e. The number of pyridine rings is 1. The molecule has 0 spiro atoms. The van der Waals surface area contributed by atoms with Crippen LogP contribution in [0.1, 0.15) is 62.4 Å². The lowest BCUT2D eigenvalue weighted by Crippen LogP contribution is -2.33. The third-order valence-electron chi connectivity index (χ3n) is 5.07. The molecule has 0 aliphatic carbocycles. The zero-order chi connectivity index (χ0) is 27.4. The number of allylic oxidation sites excluding steroid dienone is 1. The lowest BCUT2D eigenvalue weighted by atomic mass is 10.2. The average Bonchev–Trinajstić information content (AvgIpc) is 3.12. The van der Waals surface area contributed by atoms with Crippen molar-refractivity contribution in [2.45, 2.75) is 59.6 Å². The highest BCUT2D eigenvalue weighted by Gasteiger charge is 2.20. The van der Waals surface area contributed by atoms with Crippen LogP contribution < -0.4 is 9.79 Å². The molecule has 2 amide bonds. The zero-order valence-electron chi connectivity index (χ0n) is 21.4. The Bertz CT molecular complexity index is 1440. The number of nitrogens with zero attached hydrogens (tertiary/aromatic N) is 4. The van der Waals surface area contributed by atoms with Crippen molar-refractivity contribution >= 4 is 50.8 Å². The molecule has 0 radical (unpaired) electrons. The monoisotopic (exact) mass is 547 g/mol. The number of imidazole rings is 1. The number of fused-ring (bicyclic) bond motifs is 1. The number of halogens is 1. The molecule has 0 atom stereocenters. The van der Waals surface area contributed by atoms with Crippen LogP contribution in [0.25, 0.3) is 11.2 Å². The molecule has 0 saturated carbocycles. The van der Waals surface area contributed by atoms with E-state index < -0.39 is 21.5 Å². The molecule has 2 heterocycles. The number of hydroxylamine groups is 1. The van der Waals surface area contributed by atoms with Gasteiger partial charge in [0, 0.05) is 10.4 Å². The Morgan fingerprint density at radius 2 is 1.95 bits per heavy atom. The average molecular weight is 548 g/mol. The predicted octanol–water partition coefficient (Wildman–Crippen LogP) is 4.51. The molecule has 0 saturated heterocycles. The highest BCUT2D eigenvalue weighted by molar-refractivity contribution is 7.92. The third-order valence-corrected chi connectivity index (χ3v) is 6.44. The van der Waals surface area contributed by atoms with Gasteiger partial charge in [0.2, 0.25) is 6.41 Å². The van der Waals surface area contributed by atoms with E-state index in [9.17, 15) is 18.0 Å². The van der Waals surface area contributed by atoms with Gasteiger partial charge in [-0.3, -0.25) is 14.4 Å². The topological polar surface area (TPSA) is 123 Å².